The molecule has 4 atom stereocenters. The number of aromatic nitrogens is 2. The van der Waals surface area contributed by atoms with Crippen LogP contribution in [0.25, 0.3) is 11.3 Å². The quantitative estimate of drug-likeness (QED) is 0.514. The van der Waals surface area contributed by atoms with E-state index in [0.717, 1.165) is 20.8 Å². The van der Waals surface area contributed by atoms with Crippen LogP contribution in [0.5, 0.6) is 5.75 Å². The predicted octanol–water partition coefficient (Wildman–Crippen LogP) is 1.00. The summed E-state index contributed by atoms with van der Waals surface area (Å²) >= 11 is 0.581. The van der Waals surface area contributed by atoms with Gasteiger partial charge in [0.25, 0.3) is 5.95 Å². The molecule has 1 saturated heterocycles. The van der Waals surface area contributed by atoms with E-state index in [0.29, 0.717) is 23.0 Å². The van der Waals surface area contributed by atoms with Crippen LogP contribution in [0.3, 0.4) is 0 Å². The van der Waals surface area contributed by atoms with Crippen molar-refractivity contribution in [1.29, 1.82) is 0 Å². The van der Waals surface area contributed by atoms with Gasteiger partial charge in [0.15, 0.2) is 39.7 Å². The molecule has 0 amide bonds. The van der Waals surface area contributed by atoms with Crippen LogP contribution < -0.4 is 4.74 Å². The first-order valence-electron chi connectivity index (χ1n) is 9.87. The zero-order valence-electron chi connectivity index (χ0n) is 18.3. The van der Waals surface area contributed by atoms with Crippen molar-refractivity contribution in [2.45, 2.75) is 49.9 Å². The van der Waals surface area contributed by atoms with Gasteiger partial charge in [0.1, 0.15) is 0 Å². The van der Waals surface area contributed by atoms with E-state index >= 15 is 0 Å². The Morgan fingerprint density at radius 3 is 2.27 bits per heavy atom. The smallest absolute Gasteiger partial charge is 0.255 e. The van der Waals surface area contributed by atoms with Gasteiger partial charge >= 0.3 is 0 Å². The van der Waals surface area contributed by atoms with Crippen LogP contribution in [-0.4, -0.2) is 70.6 Å². The van der Waals surface area contributed by atoms with Crippen LogP contribution >= 0.6 is 11.8 Å². The maximum Gasteiger partial charge on any atom is 0.255 e. The van der Waals surface area contributed by atoms with Gasteiger partial charge < -0.3 is 20.1 Å². The van der Waals surface area contributed by atoms with Crippen LogP contribution in [0.4, 0.5) is 4.39 Å². The summed E-state index contributed by atoms with van der Waals surface area (Å²) in [5, 5.41) is 33.3. The molecule has 3 N–H and O–H groups in total. The second kappa shape index (κ2) is 8.56. The third-order valence-corrected chi connectivity index (χ3v) is 7.13. The lowest BCUT2D eigenvalue weighted by Crippen LogP contribution is -2.82. The number of carbonyl (C=O) groups excluding carboxylic acids is 3. The number of carbonyl (C=O) groups is 3. The lowest BCUT2D eigenvalue weighted by atomic mass is 9.65. The molecular formula is C22H23FN2O7S. The zero-order valence-corrected chi connectivity index (χ0v) is 19.1. The normalized spacial score (nSPS) is 29.4. The summed E-state index contributed by atoms with van der Waals surface area (Å²) in [5.41, 5.74) is -9.26. The van der Waals surface area contributed by atoms with Gasteiger partial charge in [-0.05, 0) is 52.0 Å². The van der Waals surface area contributed by atoms with Gasteiger partial charge in [-0.1, -0.05) is 0 Å². The monoisotopic (exact) mass is 478 g/mol. The molecular weight excluding hydrogens is 455 g/mol. The van der Waals surface area contributed by atoms with E-state index in [2.05, 4.69) is 9.97 Å². The fourth-order valence-corrected chi connectivity index (χ4v) is 5.41. The van der Waals surface area contributed by atoms with E-state index in [9.17, 15) is 34.1 Å². The number of hydrogen-bond donors (Lipinski definition) is 3. The Kier molecular flexibility index (Phi) is 6.46. The standard InChI is InChI=1S/C22H23FN2O7S/c1-11-9-15(7-8-24-11)16-5-6-17(18(23)25-16)32-19-21(30,13(3)27)22(31,14(4)28)20(29,10-33-19)12(2)26/h5-9,19,29-31H,10H2,1-4H3/t19-,20-,21-,22-/m0/s1. The van der Waals surface area contributed by atoms with Gasteiger partial charge in [-0.2, -0.15) is 4.39 Å². The fraction of sp³-hybridized carbons (Fsp3) is 0.409. The number of rotatable bonds is 6. The van der Waals surface area contributed by atoms with Crippen molar-refractivity contribution >= 4 is 29.1 Å². The lowest BCUT2D eigenvalue weighted by molar-refractivity contribution is -0.236. The number of Topliss-reactive ketones (excluding diaryl/α,β-unsaturated/α-hetero) is 3. The highest BCUT2D eigenvalue weighted by atomic mass is 32.2. The molecule has 0 unspecified atom stereocenters. The molecule has 0 bridgehead atoms. The molecule has 0 spiro atoms. The molecule has 33 heavy (non-hydrogen) atoms. The van der Waals surface area contributed by atoms with Crippen LogP contribution in [0, 0.1) is 12.9 Å². The molecule has 1 aliphatic rings. The molecule has 3 rings (SSSR count). The van der Waals surface area contributed by atoms with Crippen molar-refractivity contribution in [2.24, 2.45) is 0 Å². The predicted molar refractivity (Wildman–Crippen MR) is 116 cm³/mol. The molecule has 1 fully saturated rings. The highest BCUT2D eigenvalue weighted by Crippen LogP contribution is 2.49. The third-order valence-electron chi connectivity index (χ3n) is 5.80. The number of ether oxygens (including phenoxy) is 1. The van der Waals surface area contributed by atoms with E-state index in [1.165, 1.54) is 12.1 Å². The van der Waals surface area contributed by atoms with E-state index < -0.39 is 57.0 Å². The maximum absolute atomic E-state index is 14.8. The Balaban J connectivity index is 2.04. The van der Waals surface area contributed by atoms with Crippen molar-refractivity contribution in [3.05, 3.63) is 42.1 Å². The summed E-state index contributed by atoms with van der Waals surface area (Å²) in [7, 11) is 0. The Bertz CT molecular complexity index is 1150. The van der Waals surface area contributed by atoms with E-state index in [1.807, 2.05) is 0 Å². The topological polar surface area (TPSA) is 147 Å². The number of halogens is 1. The Morgan fingerprint density at radius 1 is 1.09 bits per heavy atom. The number of pyridine rings is 2. The number of thioether (sulfide) groups is 1. The van der Waals surface area contributed by atoms with Gasteiger partial charge in [0, 0.05) is 23.2 Å². The Labute approximate surface area is 193 Å². The third kappa shape index (κ3) is 3.74. The van der Waals surface area contributed by atoms with Crippen molar-refractivity contribution in [3.8, 4) is 17.0 Å². The first kappa shape index (κ1) is 24.9. The average molecular weight is 478 g/mol. The summed E-state index contributed by atoms with van der Waals surface area (Å²) in [6.45, 7) is 4.36. The van der Waals surface area contributed by atoms with Crippen molar-refractivity contribution in [3.63, 3.8) is 0 Å². The molecule has 0 aromatic carbocycles. The van der Waals surface area contributed by atoms with Gasteiger partial charge in [-0.15, -0.1) is 11.8 Å². The molecule has 3 heterocycles. The Morgan fingerprint density at radius 2 is 1.76 bits per heavy atom. The molecule has 2 aromatic rings. The Hall–Kier alpha value is -2.73. The molecule has 0 aliphatic carbocycles. The highest BCUT2D eigenvalue weighted by Gasteiger charge is 2.75. The summed E-state index contributed by atoms with van der Waals surface area (Å²) < 4.78 is 20.3. The minimum absolute atomic E-state index is 0.273. The zero-order chi connectivity index (χ0) is 24.8. The van der Waals surface area contributed by atoms with Crippen molar-refractivity contribution in [2.75, 3.05) is 5.75 Å². The first-order chi connectivity index (χ1) is 15.3. The second-order valence-electron chi connectivity index (χ2n) is 7.94. The van der Waals surface area contributed by atoms with Crippen molar-refractivity contribution in [1.82, 2.24) is 9.97 Å². The second-order valence-corrected chi connectivity index (χ2v) is 8.99. The number of aryl methyl sites for hydroxylation is 1. The lowest BCUT2D eigenvalue weighted by Gasteiger charge is -2.54. The summed E-state index contributed by atoms with van der Waals surface area (Å²) in [4.78, 5) is 45.0. The van der Waals surface area contributed by atoms with E-state index in [1.54, 1.807) is 25.3 Å². The van der Waals surface area contributed by atoms with Crippen LogP contribution in [0.15, 0.2) is 30.5 Å². The molecule has 9 nitrogen and oxygen atoms in total. The van der Waals surface area contributed by atoms with Crippen LogP contribution in [-0.2, 0) is 14.4 Å². The van der Waals surface area contributed by atoms with Gasteiger partial charge in [0.2, 0.25) is 5.60 Å². The van der Waals surface area contributed by atoms with Gasteiger partial charge in [0.05, 0.1) is 5.69 Å². The SMILES string of the molecule is CC(=O)[C@]1(O)[C@@](O)(C(C)=O)CS[C@H](Oc2ccc(-c3ccnc(C)c3)nc2F)[C@@]1(O)C(C)=O. The largest absolute Gasteiger partial charge is 0.471 e. The summed E-state index contributed by atoms with van der Waals surface area (Å²) in [6, 6.07) is 5.99. The fourth-order valence-electron chi connectivity index (χ4n) is 3.85. The molecule has 0 radical (unpaired) electrons. The van der Waals surface area contributed by atoms with E-state index in [-0.39, 0.29) is 5.69 Å². The number of ketones is 3. The van der Waals surface area contributed by atoms with Gasteiger partial charge in [-0.25, -0.2) is 4.98 Å². The molecule has 11 heteroatoms. The minimum atomic E-state index is -3.23. The maximum atomic E-state index is 14.8. The number of hydrogen-bond acceptors (Lipinski definition) is 10. The summed E-state index contributed by atoms with van der Waals surface area (Å²) in [5.74, 6) is -5.56. The van der Waals surface area contributed by atoms with E-state index in [4.69, 9.17) is 4.74 Å². The molecule has 0 saturated carbocycles. The molecule has 176 valence electrons. The summed E-state index contributed by atoms with van der Waals surface area (Å²) in [6.07, 6.45) is 1.54. The van der Waals surface area contributed by atoms with Crippen LogP contribution in [0.2, 0.25) is 0 Å². The van der Waals surface area contributed by atoms with Crippen molar-refractivity contribution < 1.29 is 38.8 Å². The van der Waals surface area contributed by atoms with Gasteiger partial charge in [-0.3, -0.25) is 19.4 Å². The van der Waals surface area contributed by atoms with Crippen LogP contribution in [0.1, 0.15) is 26.5 Å². The molecule has 1 aliphatic heterocycles. The average Bonchev–Trinajstić information content (AvgIpc) is 2.74. The minimum Gasteiger partial charge on any atom is -0.471 e. The molecule has 2 aromatic heterocycles. The number of nitrogens with zero attached hydrogens (tertiary/aromatic N) is 2. The number of aliphatic hydroxyl groups is 3. The first-order valence-corrected chi connectivity index (χ1v) is 10.9. The highest BCUT2D eigenvalue weighted by molar-refractivity contribution is 8.00.